The van der Waals surface area contributed by atoms with Gasteiger partial charge in [0.05, 0.1) is 16.3 Å². The zero-order valence-corrected chi connectivity index (χ0v) is 16.6. The van der Waals surface area contributed by atoms with Gasteiger partial charge in [-0.05, 0) is 29.7 Å². The number of sulfonamides is 1. The van der Waals surface area contributed by atoms with Crippen molar-refractivity contribution in [2.24, 2.45) is 0 Å². The van der Waals surface area contributed by atoms with Crippen LogP contribution in [0.15, 0.2) is 71.1 Å². The number of thioether (sulfide) groups is 1. The zero-order chi connectivity index (χ0) is 21.2. The van der Waals surface area contributed by atoms with Crippen molar-refractivity contribution < 1.29 is 26.4 Å². The Hall–Kier alpha value is -2.66. The van der Waals surface area contributed by atoms with Crippen LogP contribution in [0, 0.1) is 0 Å². The predicted molar refractivity (Wildman–Crippen MR) is 105 cm³/mol. The third kappa shape index (κ3) is 4.35. The molecule has 1 amide bonds. The fourth-order valence-electron chi connectivity index (χ4n) is 2.76. The Morgan fingerprint density at radius 1 is 1.10 bits per heavy atom. The highest BCUT2D eigenvalue weighted by atomic mass is 32.2. The van der Waals surface area contributed by atoms with Crippen LogP contribution in [0.2, 0.25) is 0 Å². The standard InChI is InChI=1S/C18H16F3N3O3S2/c1-13(25)22-17-23(11-12-28-17)15-9-5-6-10-16(15)24(18(19,20)21)29(26,27)14-7-3-2-4-8-14/h2-12,17H,1H3,(H,22,25). The van der Waals surface area contributed by atoms with E-state index in [4.69, 9.17) is 0 Å². The van der Waals surface area contributed by atoms with E-state index in [9.17, 15) is 26.4 Å². The Kier molecular flexibility index (Phi) is 5.80. The molecule has 1 N–H and O–H groups in total. The molecule has 1 heterocycles. The van der Waals surface area contributed by atoms with Crippen LogP contribution in [-0.4, -0.2) is 26.1 Å². The molecule has 154 valence electrons. The number of rotatable bonds is 5. The lowest BCUT2D eigenvalue weighted by molar-refractivity contribution is -0.119. The number of carbonyl (C=O) groups is 1. The van der Waals surface area contributed by atoms with Gasteiger partial charge in [0.2, 0.25) is 5.91 Å². The lowest BCUT2D eigenvalue weighted by atomic mass is 10.2. The fourth-order valence-corrected chi connectivity index (χ4v) is 5.05. The SMILES string of the molecule is CC(=O)NC1SC=CN1c1ccccc1N(C(F)(F)F)S(=O)(=O)c1ccccc1. The molecule has 0 bridgehead atoms. The molecule has 11 heteroatoms. The molecule has 1 aliphatic heterocycles. The van der Waals surface area contributed by atoms with Gasteiger partial charge in [-0.25, -0.2) is 8.42 Å². The minimum atomic E-state index is -5.22. The predicted octanol–water partition coefficient (Wildman–Crippen LogP) is 3.85. The number of alkyl halides is 3. The Labute approximate surface area is 170 Å². The third-order valence-corrected chi connectivity index (χ3v) is 6.53. The molecule has 0 saturated carbocycles. The first kappa shape index (κ1) is 21.1. The number of para-hydroxylation sites is 2. The van der Waals surface area contributed by atoms with Gasteiger partial charge in [0.25, 0.3) is 10.0 Å². The van der Waals surface area contributed by atoms with Crippen LogP contribution in [0.5, 0.6) is 0 Å². The Bertz CT molecular complexity index is 1030. The number of hydrogen-bond donors (Lipinski definition) is 1. The van der Waals surface area contributed by atoms with E-state index < -0.39 is 36.7 Å². The number of carbonyl (C=O) groups excluding carboxylic acids is 1. The average molecular weight is 443 g/mol. The summed E-state index contributed by atoms with van der Waals surface area (Å²) in [5.41, 5.74) is -1.31. The second kappa shape index (κ2) is 7.99. The quantitative estimate of drug-likeness (QED) is 0.711. The first-order chi connectivity index (χ1) is 13.6. The van der Waals surface area contributed by atoms with E-state index >= 15 is 0 Å². The summed E-state index contributed by atoms with van der Waals surface area (Å²) >= 11 is 1.17. The van der Waals surface area contributed by atoms with Crippen LogP contribution in [0.25, 0.3) is 0 Å². The summed E-state index contributed by atoms with van der Waals surface area (Å²) < 4.78 is 67.2. The highest BCUT2D eigenvalue weighted by Crippen LogP contribution is 2.42. The van der Waals surface area contributed by atoms with Gasteiger partial charge in [-0.15, -0.1) is 13.2 Å². The molecule has 29 heavy (non-hydrogen) atoms. The highest BCUT2D eigenvalue weighted by molar-refractivity contribution is 8.03. The van der Waals surface area contributed by atoms with Gasteiger partial charge in [0.15, 0.2) is 5.50 Å². The normalized spacial score (nSPS) is 16.7. The summed E-state index contributed by atoms with van der Waals surface area (Å²) in [6.45, 7) is 1.28. The van der Waals surface area contributed by atoms with Crippen LogP contribution in [0.4, 0.5) is 24.5 Å². The molecule has 2 aromatic rings. The van der Waals surface area contributed by atoms with Gasteiger partial charge in [-0.2, -0.15) is 4.31 Å². The minimum absolute atomic E-state index is 0.0238. The van der Waals surface area contributed by atoms with E-state index in [1.54, 1.807) is 5.41 Å². The highest BCUT2D eigenvalue weighted by Gasteiger charge is 2.48. The maximum Gasteiger partial charge on any atom is 0.498 e. The number of anilines is 2. The van der Waals surface area contributed by atoms with Crippen molar-refractivity contribution in [3.8, 4) is 0 Å². The lowest BCUT2D eigenvalue weighted by Crippen LogP contribution is -2.45. The van der Waals surface area contributed by atoms with Gasteiger partial charge in [0.1, 0.15) is 0 Å². The number of nitrogens with one attached hydrogen (secondary N) is 1. The molecule has 0 aliphatic carbocycles. The number of nitrogens with zero attached hydrogens (tertiary/aromatic N) is 2. The monoisotopic (exact) mass is 443 g/mol. The molecule has 2 aromatic carbocycles. The van der Waals surface area contributed by atoms with Crippen molar-refractivity contribution in [3.63, 3.8) is 0 Å². The van der Waals surface area contributed by atoms with Crippen molar-refractivity contribution in [1.29, 1.82) is 0 Å². The molecule has 1 atom stereocenters. The van der Waals surface area contributed by atoms with Crippen LogP contribution in [-0.2, 0) is 14.8 Å². The minimum Gasteiger partial charge on any atom is -0.327 e. The van der Waals surface area contributed by atoms with E-state index in [1.807, 2.05) is 0 Å². The molecule has 0 aromatic heterocycles. The van der Waals surface area contributed by atoms with Crippen LogP contribution >= 0.6 is 11.8 Å². The third-order valence-electron chi connectivity index (χ3n) is 3.90. The fraction of sp³-hybridized carbons (Fsp3) is 0.167. The van der Waals surface area contributed by atoms with Crippen LogP contribution in [0.1, 0.15) is 6.92 Å². The van der Waals surface area contributed by atoms with Crippen molar-refractivity contribution in [1.82, 2.24) is 5.32 Å². The molecule has 1 unspecified atom stereocenters. The number of amides is 1. The smallest absolute Gasteiger partial charge is 0.327 e. The first-order valence-electron chi connectivity index (χ1n) is 8.26. The van der Waals surface area contributed by atoms with Gasteiger partial charge < -0.3 is 10.2 Å². The zero-order valence-electron chi connectivity index (χ0n) is 15.0. The number of benzene rings is 2. The van der Waals surface area contributed by atoms with Crippen LogP contribution in [0.3, 0.4) is 0 Å². The molecule has 0 radical (unpaired) electrons. The molecule has 1 aliphatic rings. The van der Waals surface area contributed by atoms with Crippen molar-refractivity contribution >= 4 is 39.1 Å². The Morgan fingerprint density at radius 3 is 2.34 bits per heavy atom. The van der Waals surface area contributed by atoms with Crippen LogP contribution < -0.4 is 14.5 Å². The molecule has 0 spiro atoms. The summed E-state index contributed by atoms with van der Waals surface area (Å²) in [7, 11) is -4.94. The van der Waals surface area contributed by atoms with Crippen molar-refractivity contribution in [2.75, 3.05) is 9.21 Å². The Morgan fingerprint density at radius 2 is 1.72 bits per heavy atom. The summed E-state index contributed by atoms with van der Waals surface area (Å²) in [6.07, 6.45) is -3.74. The maximum atomic E-state index is 14.0. The maximum absolute atomic E-state index is 14.0. The van der Waals surface area contributed by atoms with E-state index in [0.29, 0.717) is 0 Å². The number of halogens is 3. The van der Waals surface area contributed by atoms with E-state index in [0.717, 1.165) is 18.2 Å². The van der Waals surface area contributed by atoms with Crippen molar-refractivity contribution in [3.05, 3.63) is 66.2 Å². The summed E-state index contributed by atoms with van der Waals surface area (Å²) in [4.78, 5) is 12.3. The summed E-state index contributed by atoms with van der Waals surface area (Å²) in [5, 5.41) is 4.20. The average Bonchev–Trinajstić information content (AvgIpc) is 3.09. The number of hydrogen-bond acceptors (Lipinski definition) is 5. The molecule has 0 fully saturated rings. The summed E-state index contributed by atoms with van der Waals surface area (Å²) in [5.74, 6) is -0.377. The lowest BCUT2D eigenvalue weighted by Gasteiger charge is -2.32. The van der Waals surface area contributed by atoms with Gasteiger partial charge >= 0.3 is 6.30 Å². The molecular formula is C18H16F3N3O3S2. The Balaban J connectivity index is 2.15. The van der Waals surface area contributed by atoms with Crippen molar-refractivity contribution in [2.45, 2.75) is 23.6 Å². The molecule has 0 saturated heterocycles. The van der Waals surface area contributed by atoms with E-state index in [1.165, 1.54) is 66.2 Å². The second-order valence-electron chi connectivity index (χ2n) is 5.92. The molecule has 6 nitrogen and oxygen atoms in total. The topological polar surface area (TPSA) is 69.7 Å². The van der Waals surface area contributed by atoms with Gasteiger partial charge in [0, 0.05) is 13.1 Å². The van der Waals surface area contributed by atoms with Gasteiger partial charge in [-0.3, -0.25) is 4.79 Å². The second-order valence-corrected chi connectivity index (χ2v) is 8.70. The molecule has 3 rings (SSSR count). The van der Waals surface area contributed by atoms with Gasteiger partial charge in [-0.1, -0.05) is 42.1 Å². The first-order valence-corrected chi connectivity index (χ1v) is 10.6. The molecular weight excluding hydrogens is 427 g/mol. The van der Waals surface area contributed by atoms with E-state index in [2.05, 4.69) is 5.32 Å². The summed E-state index contributed by atoms with van der Waals surface area (Å²) in [6, 6.07) is 11.6. The largest absolute Gasteiger partial charge is 0.498 e. The van der Waals surface area contributed by atoms with E-state index in [-0.39, 0.29) is 11.6 Å².